The molecule has 1 heterocycles. The minimum atomic E-state index is -2.96. The van der Waals surface area contributed by atoms with Crippen LogP contribution in [-0.2, 0) is 14.6 Å². The SMILES string of the molecule is CCC(C)NCCS(=O)(=O)CC1CCCO1. The van der Waals surface area contributed by atoms with Crippen LogP contribution < -0.4 is 5.32 Å². The predicted octanol–water partition coefficient (Wildman–Crippen LogP) is 0.968. The van der Waals surface area contributed by atoms with Crippen LogP contribution >= 0.6 is 0 Å². The van der Waals surface area contributed by atoms with Crippen molar-refractivity contribution in [3.8, 4) is 0 Å². The summed E-state index contributed by atoms with van der Waals surface area (Å²) in [6.07, 6.45) is 2.84. The van der Waals surface area contributed by atoms with Crippen molar-refractivity contribution >= 4 is 9.84 Å². The minimum absolute atomic E-state index is 0.0615. The summed E-state index contributed by atoms with van der Waals surface area (Å²) in [4.78, 5) is 0. The molecule has 1 aliphatic rings. The van der Waals surface area contributed by atoms with E-state index in [0.717, 1.165) is 19.3 Å². The van der Waals surface area contributed by atoms with Crippen molar-refractivity contribution in [2.75, 3.05) is 24.7 Å². The second kappa shape index (κ2) is 6.57. The van der Waals surface area contributed by atoms with Gasteiger partial charge in [-0.3, -0.25) is 0 Å². The van der Waals surface area contributed by atoms with Gasteiger partial charge in [0.1, 0.15) is 0 Å². The first-order chi connectivity index (χ1) is 7.53. The summed E-state index contributed by atoms with van der Waals surface area (Å²) in [5.74, 6) is 0.409. The fraction of sp³-hybridized carbons (Fsp3) is 1.00. The van der Waals surface area contributed by atoms with Crippen LogP contribution in [0.25, 0.3) is 0 Å². The summed E-state index contributed by atoms with van der Waals surface area (Å²) >= 11 is 0. The molecule has 0 spiro atoms. The number of nitrogens with one attached hydrogen (secondary N) is 1. The van der Waals surface area contributed by atoms with Crippen molar-refractivity contribution in [3.05, 3.63) is 0 Å². The van der Waals surface area contributed by atoms with Gasteiger partial charge in [-0.25, -0.2) is 8.42 Å². The molecule has 0 aromatic rings. The highest BCUT2D eigenvalue weighted by molar-refractivity contribution is 7.91. The lowest BCUT2D eigenvalue weighted by atomic mass is 10.3. The zero-order valence-corrected chi connectivity index (χ0v) is 11.1. The van der Waals surface area contributed by atoms with Crippen LogP contribution in [0.5, 0.6) is 0 Å². The monoisotopic (exact) mass is 249 g/mol. The number of sulfone groups is 1. The Hall–Kier alpha value is -0.130. The Bertz CT molecular complexity index is 284. The van der Waals surface area contributed by atoms with Crippen molar-refractivity contribution in [2.45, 2.75) is 45.3 Å². The third-order valence-electron chi connectivity index (χ3n) is 2.98. The van der Waals surface area contributed by atoms with Gasteiger partial charge in [0.15, 0.2) is 9.84 Å². The Kier molecular flexibility index (Phi) is 5.72. The van der Waals surface area contributed by atoms with E-state index in [4.69, 9.17) is 4.74 Å². The Labute approximate surface area is 98.7 Å². The smallest absolute Gasteiger partial charge is 0.154 e. The average molecular weight is 249 g/mol. The third kappa shape index (κ3) is 5.27. The van der Waals surface area contributed by atoms with Crippen molar-refractivity contribution in [1.82, 2.24) is 5.32 Å². The van der Waals surface area contributed by atoms with Gasteiger partial charge in [0, 0.05) is 19.2 Å². The van der Waals surface area contributed by atoms with Crippen LogP contribution in [0.4, 0.5) is 0 Å². The fourth-order valence-electron chi connectivity index (χ4n) is 1.75. The van der Waals surface area contributed by atoms with Crippen molar-refractivity contribution < 1.29 is 13.2 Å². The molecule has 1 N–H and O–H groups in total. The Morgan fingerprint density at radius 1 is 1.50 bits per heavy atom. The molecule has 1 rings (SSSR count). The standard InChI is InChI=1S/C11H23NO3S/c1-3-10(2)12-6-8-16(13,14)9-11-5-4-7-15-11/h10-12H,3-9H2,1-2H3. The highest BCUT2D eigenvalue weighted by Crippen LogP contribution is 2.14. The molecule has 0 saturated carbocycles. The van der Waals surface area contributed by atoms with Gasteiger partial charge in [-0.05, 0) is 26.2 Å². The number of hydrogen-bond donors (Lipinski definition) is 1. The molecule has 5 heteroatoms. The Morgan fingerprint density at radius 3 is 2.81 bits per heavy atom. The van der Waals surface area contributed by atoms with E-state index in [1.54, 1.807) is 0 Å². The highest BCUT2D eigenvalue weighted by Gasteiger charge is 2.22. The normalized spacial score (nSPS) is 23.5. The molecule has 2 unspecified atom stereocenters. The van der Waals surface area contributed by atoms with Gasteiger partial charge in [-0.2, -0.15) is 0 Å². The maximum absolute atomic E-state index is 11.7. The minimum Gasteiger partial charge on any atom is -0.377 e. The zero-order valence-electron chi connectivity index (χ0n) is 10.2. The van der Waals surface area contributed by atoms with Crippen LogP contribution in [0, 0.1) is 0 Å². The van der Waals surface area contributed by atoms with E-state index in [0.29, 0.717) is 19.2 Å². The molecule has 2 atom stereocenters. The summed E-state index contributed by atoms with van der Waals surface area (Å²) in [5, 5.41) is 3.19. The van der Waals surface area contributed by atoms with E-state index in [9.17, 15) is 8.42 Å². The first-order valence-corrected chi connectivity index (χ1v) is 7.91. The van der Waals surface area contributed by atoms with E-state index < -0.39 is 9.84 Å². The second-order valence-electron chi connectivity index (χ2n) is 4.51. The first-order valence-electron chi connectivity index (χ1n) is 6.09. The molecule has 1 aliphatic heterocycles. The lowest BCUT2D eigenvalue weighted by Gasteiger charge is -2.13. The number of hydrogen-bond acceptors (Lipinski definition) is 4. The quantitative estimate of drug-likeness (QED) is 0.730. The van der Waals surface area contributed by atoms with Crippen LogP contribution in [-0.4, -0.2) is 45.2 Å². The summed E-state index contributed by atoms with van der Waals surface area (Å²) in [6.45, 7) is 5.40. The molecule has 1 fully saturated rings. The molecular formula is C11H23NO3S. The summed E-state index contributed by atoms with van der Waals surface area (Å²) in [5.41, 5.74) is 0. The summed E-state index contributed by atoms with van der Waals surface area (Å²) in [6, 6.07) is 0.387. The van der Waals surface area contributed by atoms with E-state index in [1.807, 2.05) is 0 Å². The third-order valence-corrected chi connectivity index (χ3v) is 4.69. The molecule has 0 amide bonds. The highest BCUT2D eigenvalue weighted by atomic mass is 32.2. The lowest BCUT2D eigenvalue weighted by Crippen LogP contribution is -2.32. The molecular weight excluding hydrogens is 226 g/mol. The summed E-state index contributed by atoms with van der Waals surface area (Å²) < 4.78 is 28.8. The van der Waals surface area contributed by atoms with Crippen molar-refractivity contribution in [3.63, 3.8) is 0 Å². The molecule has 0 aromatic carbocycles. The Balaban J connectivity index is 2.23. The van der Waals surface area contributed by atoms with Gasteiger partial charge < -0.3 is 10.1 Å². The van der Waals surface area contributed by atoms with Gasteiger partial charge in [0.2, 0.25) is 0 Å². The Morgan fingerprint density at radius 2 is 2.25 bits per heavy atom. The van der Waals surface area contributed by atoms with Crippen LogP contribution in [0.2, 0.25) is 0 Å². The number of rotatable bonds is 7. The molecule has 0 bridgehead atoms. The van der Waals surface area contributed by atoms with Gasteiger partial charge in [0.05, 0.1) is 17.6 Å². The lowest BCUT2D eigenvalue weighted by molar-refractivity contribution is 0.127. The molecule has 0 radical (unpaired) electrons. The van der Waals surface area contributed by atoms with Crippen LogP contribution in [0.3, 0.4) is 0 Å². The predicted molar refractivity (Wildman–Crippen MR) is 65.4 cm³/mol. The molecule has 0 aromatic heterocycles. The van der Waals surface area contributed by atoms with E-state index >= 15 is 0 Å². The first kappa shape index (κ1) is 13.9. The maximum Gasteiger partial charge on any atom is 0.154 e. The van der Waals surface area contributed by atoms with E-state index in [1.165, 1.54) is 0 Å². The van der Waals surface area contributed by atoms with E-state index in [2.05, 4.69) is 19.2 Å². The molecule has 1 saturated heterocycles. The second-order valence-corrected chi connectivity index (χ2v) is 6.74. The van der Waals surface area contributed by atoms with Gasteiger partial charge in [0.25, 0.3) is 0 Å². The summed E-state index contributed by atoms with van der Waals surface area (Å²) in [7, 11) is -2.96. The fourth-order valence-corrected chi connectivity index (χ4v) is 3.17. The zero-order chi connectivity index (χ0) is 12.0. The molecule has 4 nitrogen and oxygen atoms in total. The van der Waals surface area contributed by atoms with Gasteiger partial charge in [-0.15, -0.1) is 0 Å². The van der Waals surface area contributed by atoms with E-state index in [-0.39, 0.29) is 17.6 Å². The molecule has 96 valence electrons. The van der Waals surface area contributed by atoms with Crippen molar-refractivity contribution in [2.24, 2.45) is 0 Å². The van der Waals surface area contributed by atoms with Crippen LogP contribution in [0.1, 0.15) is 33.1 Å². The van der Waals surface area contributed by atoms with Gasteiger partial charge >= 0.3 is 0 Å². The molecule has 16 heavy (non-hydrogen) atoms. The topological polar surface area (TPSA) is 55.4 Å². The average Bonchev–Trinajstić information content (AvgIpc) is 2.69. The maximum atomic E-state index is 11.7. The molecule has 0 aliphatic carbocycles. The number of ether oxygens (including phenoxy) is 1. The van der Waals surface area contributed by atoms with Gasteiger partial charge in [-0.1, -0.05) is 6.92 Å². The van der Waals surface area contributed by atoms with Crippen LogP contribution in [0.15, 0.2) is 0 Å². The largest absolute Gasteiger partial charge is 0.377 e. The van der Waals surface area contributed by atoms with Crippen molar-refractivity contribution in [1.29, 1.82) is 0 Å².